The van der Waals surface area contributed by atoms with Crippen LogP contribution in [0.3, 0.4) is 0 Å². The highest BCUT2D eigenvalue weighted by molar-refractivity contribution is 6.31. The highest BCUT2D eigenvalue weighted by Crippen LogP contribution is 2.22. The van der Waals surface area contributed by atoms with Crippen LogP contribution in [0.1, 0.15) is 32.8 Å². The molecule has 18 heavy (non-hydrogen) atoms. The van der Waals surface area contributed by atoms with E-state index in [0.717, 1.165) is 42.5 Å². The minimum absolute atomic E-state index is 0.511. The van der Waals surface area contributed by atoms with Crippen molar-refractivity contribution >= 4 is 11.6 Å². The fourth-order valence-corrected chi connectivity index (χ4v) is 1.99. The Morgan fingerprint density at radius 3 is 2.78 bits per heavy atom. The summed E-state index contributed by atoms with van der Waals surface area (Å²) in [6, 6.07) is 5.89. The summed E-state index contributed by atoms with van der Waals surface area (Å²) in [5, 5.41) is 4.22. The third-order valence-corrected chi connectivity index (χ3v) is 3.22. The number of hydrogen-bond acceptors (Lipinski definition) is 2. The molecule has 0 radical (unpaired) electrons. The van der Waals surface area contributed by atoms with Gasteiger partial charge < -0.3 is 10.1 Å². The van der Waals surface area contributed by atoms with Crippen LogP contribution in [0.25, 0.3) is 0 Å². The van der Waals surface area contributed by atoms with Crippen molar-refractivity contribution in [2.75, 3.05) is 19.7 Å². The Bertz CT molecular complexity index is 354. The Kier molecular flexibility index (Phi) is 7.14. The highest BCUT2D eigenvalue weighted by Gasteiger charge is 2.05. The molecule has 1 unspecified atom stereocenters. The third-order valence-electron chi connectivity index (χ3n) is 2.85. The Balaban J connectivity index is 2.38. The topological polar surface area (TPSA) is 21.3 Å². The molecule has 0 spiro atoms. The molecule has 0 aliphatic carbocycles. The van der Waals surface area contributed by atoms with Gasteiger partial charge in [-0.3, -0.25) is 0 Å². The molecule has 0 aromatic heterocycles. The molecule has 0 aliphatic heterocycles. The highest BCUT2D eigenvalue weighted by atomic mass is 35.5. The number of hydrogen-bond donors (Lipinski definition) is 1. The van der Waals surface area contributed by atoms with Crippen LogP contribution in [-0.2, 0) is 6.42 Å². The number of benzene rings is 1. The summed E-state index contributed by atoms with van der Waals surface area (Å²) in [6.45, 7) is 9.28. The van der Waals surface area contributed by atoms with Gasteiger partial charge in [0.05, 0.1) is 6.61 Å². The van der Waals surface area contributed by atoms with Gasteiger partial charge in [0.2, 0.25) is 0 Å². The molecule has 102 valence electrons. The van der Waals surface area contributed by atoms with Gasteiger partial charge in [0.1, 0.15) is 5.75 Å². The van der Waals surface area contributed by atoms with Gasteiger partial charge in [0.25, 0.3) is 0 Å². The van der Waals surface area contributed by atoms with Crippen molar-refractivity contribution in [2.45, 2.75) is 33.6 Å². The maximum absolute atomic E-state index is 6.08. The number of aryl methyl sites for hydroxylation is 1. The summed E-state index contributed by atoms with van der Waals surface area (Å²) in [7, 11) is 0. The Morgan fingerprint density at radius 1 is 1.33 bits per heavy atom. The van der Waals surface area contributed by atoms with E-state index < -0.39 is 0 Å². The van der Waals surface area contributed by atoms with Crippen LogP contribution < -0.4 is 10.1 Å². The minimum Gasteiger partial charge on any atom is -0.493 e. The predicted molar refractivity (Wildman–Crippen MR) is 78.6 cm³/mol. The number of halogens is 1. The zero-order chi connectivity index (χ0) is 13.4. The van der Waals surface area contributed by atoms with Gasteiger partial charge in [0.15, 0.2) is 0 Å². The molecule has 2 nitrogen and oxygen atoms in total. The lowest BCUT2D eigenvalue weighted by Crippen LogP contribution is -2.25. The van der Waals surface area contributed by atoms with Gasteiger partial charge in [-0.2, -0.15) is 0 Å². The molecule has 0 fully saturated rings. The van der Waals surface area contributed by atoms with Crippen molar-refractivity contribution in [1.82, 2.24) is 5.32 Å². The van der Waals surface area contributed by atoms with Crippen molar-refractivity contribution in [3.8, 4) is 5.75 Å². The third kappa shape index (κ3) is 5.28. The second-order valence-electron chi connectivity index (χ2n) is 4.73. The molecule has 1 N–H and O–H groups in total. The lowest BCUT2D eigenvalue weighted by atomic mass is 10.1. The average Bonchev–Trinajstić information content (AvgIpc) is 2.38. The van der Waals surface area contributed by atoms with Crippen molar-refractivity contribution in [1.29, 1.82) is 0 Å². The largest absolute Gasteiger partial charge is 0.493 e. The normalized spacial score (nSPS) is 12.4. The second-order valence-corrected chi connectivity index (χ2v) is 5.13. The summed E-state index contributed by atoms with van der Waals surface area (Å²) >= 11 is 6.08. The van der Waals surface area contributed by atoms with E-state index in [0.29, 0.717) is 5.92 Å². The van der Waals surface area contributed by atoms with Crippen LogP contribution in [0.15, 0.2) is 18.2 Å². The van der Waals surface area contributed by atoms with Gasteiger partial charge in [-0.15, -0.1) is 0 Å². The quantitative estimate of drug-likeness (QED) is 0.723. The van der Waals surface area contributed by atoms with Crippen molar-refractivity contribution in [3.05, 3.63) is 28.8 Å². The maximum Gasteiger partial charge on any atom is 0.119 e. The van der Waals surface area contributed by atoms with E-state index in [2.05, 4.69) is 26.1 Å². The number of rotatable bonds is 8. The van der Waals surface area contributed by atoms with Crippen LogP contribution in [0.4, 0.5) is 0 Å². The van der Waals surface area contributed by atoms with Crippen LogP contribution in [0.2, 0.25) is 5.02 Å². The summed E-state index contributed by atoms with van der Waals surface area (Å²) in [4.78, 5) is 0. The maximum atomic E-state index is 6.08. The molecule has 0 saturated carbocycles. The molecule has 1 atom stereocenters. The first-order chi connectivity index (χ1) is 8.67. The van der Waals surface area contributed by atoms with Crippen molar-refractivity contribution in [3.63, 3.8) is 0 Å². The van der Waals surface area contributed by atoms with Gasteiger partial charge >= 0.3 is 0 Å². The molecule has 3 heteroatoms. The molecular formula is C15H24ClNO. The first-order valence-corrected chi connectivity index (χ1v) is 7.17. The van der Waals surface area contributed by atoms with E-state index in [1.54, 1.807) is 0 Å². The summed E-state index contributed by atoms with van der Waals surface area (Å²) in [5.74, 6) is 1.43. The summed E-state index contributed by atoms with van der Waals surface area (Å²) in [5.41, 5.74) is 1.14. The fraction of sp³-hybridized carbons (Fsp3) is 0.600. The zero-order valence-electron chi connectivity index (χ0n) is 11.6. The number of ether oxygens (including phenoxy) is 1. The monoisotopic (exact) mass is 269 g/mol. The van der Waals surface area contributed by atoms with Gasteiger partial charge in [-0.05, 0) is 43.1 Å². The molecule has 0 aliphatic rings. The Hall–Kier alpha value is -0.730. The van der Waals surface area contributed by atoms with E-state index in [1.165, 1.54) is 6.42 Å². The molecule has 0 bridgehead atoms. The molecule has 1 aromatic rings. The van der Waals surface area contributed by atoms with E-state index in [9.17, 15) is 0 Å². The molecule has 1 rings (SSSR count). The molecule has 0 amide bonds. The van der Waals surface area contributed by atoms with Crippen LogP contribution in [-0.4, -0.2) is 19.7 Å². The van der Waals surface area contributed by atoms with Gasteiger partial charge in [0, 0.05) is 17.5 Å². The first kappa shape index (κ1) is 15.3. The average molecular weight is 270 g/mol. The zero-order valence-corrected chi connectivity index (χ0v) is 12.4. The van der Waals surface area contributed by atoms with E-state index in [1.807, 2.05) is 18.2 Å². The predicted octanol–water partition coefficient (Wildman–Crippen LogP) is 3.92. The number of nitrogens with one attached hydrogen (secondary N) is 1. The summed E-state index contributed by atoms with van der Waals surface area (Å²) < 4.78 is 5.80. The molecule has 0 heterocycles. The van der Waals surface area contributed by atoms with Crippen LogP contribution in [0.5, 0.6) is 5.75 Å². The van der Waals surface area contributed by atoms with Crippen LogP contribution in [0, 0.1) is 5.92 Å². The van der Waals surface area contributed by atoms with Crippen molar-refractivity contribution < 1.29 is 4.74 Å². The van der Waals surface area contributed by atoms with Gasteiger partial charge in [-0.1, -0.05) is 32.4 Å². The Morgan fingerprint density at radius 2 is 2.11 bits per heavy atom. The van der Waals surface area contributed by atoms with E-state index in [-0.39, 0.29) is 0 Å². The lowest BCUT2D eigenvalue weighted by Gasteiger charge is -2.14. The SMILES string of the molecule is CCCNCC(C)COc1ccc(Cl)c(CC)c1. The lowest BCUT2D eigenvalue weighted by molar-refractivity contribution is 0.255. The first-order valence-electron chi connectivity index (χ1n) is 6.79. The summed E-state index contributed by atoms with van der Waals surface area (Å²) in [6.07, 6.45) is 2.11. The molecule has 0 saturated heterocycles. The van der Waals surface area contributed by atoms with E-state index in [4.69, 9.17) is 16.3 Å². The Labute approximate surface area is 116 Å². The van der Waals surface area contributed by atoms with Gasteiger partial charge in [-0.25, -0.2) is 0 Å². The smallest absolute Gasteiger partial charge is 0.119 e. The minimum atomic E-state index is 0.511. The standard InChI is InChI=1S/C15H24ClNO/c1-4-8-17-10-12(3)11-18-14-6-7-15(16)13(5-2)9-14/h6-7,9,12,17H,4-5,8,10-11H2,1-3H3. The second kappa shape index (κ2) is 8.39. The molecular weight excluding hydrogens is 246 g/mol. The van der Waals surface area contributed by atoms with E-state index >= 15 is 0 Å². The fourth-order valence-electron chi connectivity index (χ4n) is 1.73. The van der Waals surface area contributed by atoms with Crippen molar-refractivity contribution in [2.24, 2.45) is 5.92 Å². The van der Waals surface area contributed by atoms with Crippen LogP contribution >= 0.6 is 11.6 Å². The molecule has 1 aromatic carbocycles.